The summed E-state index contributed by atoms with van der Waals surface area (Å²) in [6.45, 7) is 14.7. The van der Waals surface area contributed by atoms with Crippen molar-refractivity contribution in [3.63, 3.8) is 0 Å². The number of thiophene rings is 1. The average molecular weight is 253 g/mol. The molecule has 1 nitrogen and oxygen atoms in total. The van der Waals surface area contributed by atoms with Crippen molar-refractivity contribution >= 4 is 11.3 Å². The highest BCUT2D eigenvalue weighted by Gasteiger charge is 2.16. The fourth-order valence-electron chi connectivity index (χ4n) is 1.69. The smallest absolute Gasteiger partial charge is 0.0302 e. The first kappa shape index (κ1) is 14.7. The molecule has 1 heterocycles. The molecule has 0 radical (unpaired) electrons. The van der Waals surface area contributed by atoms with Crippen LogP contribution in [0.3, 0.4) is 0 Å². The van der Waals surface area contributed by atoms with Gasteiger partial charge in [-0.05, 0) is 30.4 Å². The van der Waals surface area contributed by atoms with Crippen molar-refractivity contribution in [1.82, 2.24) is 5.32 Å². The molecule has 0 bridgehead atoms. The zero-order valence-corrected chi connectivity index (χ0v) is 12.9. The fourth-order valence-corrected chi connectivity index (χ4v) is 2.71. The van der Waals surface area contributed by atoms with E-state index in [2.05, 4.69) is 59.0 Å². The topological polar surface area (TPSA) is 12.0 Å². The summed E-state index contributed by atoms with van der Waals surface area (Å²) < 4.78 is 0. The second kappa shape index (κ2) is 6.01. The number of rotatable bonds is 5. The van der Waals surface area contributed by atoms with Gasteiger partial charge in [-0.25, -0.2) is 0 Å². The highest BCUT2D eigenvalue weighted by atomic mass is 32.1. The van der Waals surface area contributed by atoms with E-state index in [-0.39, 0.29) is 5.41 Å². The lowest BCUT2D eigenvalue weighted by Crippen LogP contribution is -2.31. The van der Waals surface area contributed by atoms with E-state index < -0.39 is 0 Å². The number of nitrogens with one attached hydrogen (secondary N) is 1. The van der Waals surface area contributed by atoms with Crippen molar-refractivity contribution in [2.75, 3.05) is 0 Å². The van der Waals surface area contributed by atoms with Crippen LogP contribution in [-0.4, -0.2) is 6.04 Å². The maximum absolute atomic E-state index is 3.62. The maximum atomic E-state index is 3.62. The SMILES string of the molecule is CCC(C)C(C)NCc1ccc(C(C)(C)C)s1. The molecule has 0 fully saturated rings. The summed E-state index contributed by atoms with van der Waals surface area (Å²) in [5.74, 6) is 0.747. The molecular formula is C15H27NS. The van der Waals surface area contributed by atoms with Crippen molar-refractivity contribution < 1.29 is 0 Å². The van der Waals surface area contributed by atoms with Crippen LogP contribution in [0.15, 0.2) is 12.1 Å². The molecule has 1 N–H and O–H groups in total. The van der Waals surface area contributed by atoms with Gasteiger partial charge in [0.05, 0.1) is 0 Å². The van der Waals surface area contributed by atoms with Gasteiger partial charge in [-0.3, -0.25) is 0 Å². The summed E-state index contributed by atoms with van der Waals surface area (Å²) in [4.78, 5) is 2.93. The van der Waals surface area contributed by atoms with Gasteiger partial charge < -0.3 is 5.32 Å². The Morgan fingerprint density at radius 3 is 2.35 bits per heavy atom. The standard InChI is InChI=1S/C15H27NS/c1-7-11(2)12(3)16-10-13-8-9-14(17-13)15(4,5)6/h8-9,11-12,16H,7,10H2,1-6H3. The van der Waals surface area contributed by atoms with Gasteiger partial charge in [-0.2, -0.15) is 0 Å². The first-order valence-electron chi connectivity index (χ1n) is 6.67. The van der Waals surface area contributed by atoms with Crippen molar-refractivity contribution in [2.24, 2.45) is 5.92 Å². The summed E-state index contributed by atoms with van der Waals surface area (Å²) in [5.41, 5.74) is 0.283. The molecule has 0 aromatic carbocycles. The second-order valence-corrected chi connectivity index (χ2v) is 7.24. The molecule has 0 saturated heterocycles. The van der Waals surface area contributed by atoms with Crippen molar-refractivity contribution in [2.45, 2.75) is 66.0 Å². The molecule has 2 heteroatoms. The molecular weight excluding hydrogens is 226 g/mol. The normalized spacial score (nSPS) is 15.9. The Morgan fingerprint density at radius 2 is 1.88 bits per heavy atom. The summed E-state index contributed by atoms with van der Waals surface area (Å²) in [6.07, 6.45) is 1.24. The molecule has 1 aromatic heterocycles. The van der Waals surface area contributed by atoms with Gasteiger partial charge in [0.25, 0.3) is 0 Å². The number of hydrogen-bond acceptors (Lipinski definition) is 2. The molecule has 0 aliphatic carbocycles. The first-order valence-corrected chi connectivity index (χ1v) is 7.48. The third-order valence-electron chi connectivity index (χ3n) is 3.50. The van der Waals surface area contributed by atoms with Crippen LogP contribution < -0.4 is 5.32 Å². The molecule has 0 amide bonds. The van der Waals surface area contributed by atoms with Crippen LogP contribution in [0.25, 0.3) is 0 Å². The quantitative estimate of drug-likeness (QED) is 0.810. The van der Waals surface area contributed by atoms with Gasteiger partial charge in [-0.15, -0.1) is 11.3 Å². The van der Waals surface area contributed by atoms with E-state index in [1.807, 2.05) is 11.3 Å². The summed E-state index contributed by atoms with van der Waals surface area (Å²) in [5, 5.41) is 3.62. The van der Waals surface area contributed by atoms with E-state index in [9.17, 15) is 0 Å². The zero-order valence-electron chi connectivity index (χ0n) is 12.1. The molecule has 1 rings (SSSR count). The molecule has 0 spiro atoms. The summed E-state index contributed by atoms with van der Waals surface area (Å²) in [7, 11) is 0. The van der Waals surface area contributed by atoms with Crippen LogP contribution in [0.5, 0.6) is 0 Å². The lowest BCUT2D eigenvalue weighted by atomic mass is 9.95. The van der Waals surface area contributed by atoms with Crippen molar-refractivity contribution in [3.05, 3.63) is 21.9 Å². The van der Waals surface area contributed by atoms with Gasteiger partial charge in [-0.1, -0.05) is 41.0 Å². The van der Waals surface area contributed by atoms with Gasteiger partial charge in [0.2, 0.25) is 0 Å². The zero-order chi connectivity index (χ0) is 13.1. The van der Waals surface area contributed by atoms with Gasteiger partial charge in [0, 0.05) is 22.3 Å². The van der Waals surface area contributed by atoms with Gasteiger partial charge in [0.1, 0.15) is 0 Å². The predicted molar refractivity (Wildman–Crippen MR) is 78.8 cm³/mol. The van der Waals surface area contributed by atoms with E-state index in [0.29, 0.717) is 6.04 Å². The van der Waals surface area contributed by atoms with Crippen LogP contribution in [0, 0.1) is 5.92 Å². The third-order valence-corrected chi connectivity index (χ3v) is 5.01. The van der Waals surface area contributed by atoms with E-state index in [0.717, 1.165) is 12.5 Å². The minimum Gasteiger partial charge on any atom is -0.309 e. The fraction of sp³-hybridized carbons (Fsp3) is 0.733. The van der Waals surface area contributed by atoms with E-state index in [4.69, 9.17) is 0 Å². The van der Waals surface area contributed by atoms with Crippen molar-refractivity contribution in [3.8, 4) is 0 Å². The van der Waals surface area contributed by atoms with Gasteiger partial charge in [0.15, 0.2) is 0 Å². The van der Waals surface area contributed by atoms with Crippen LogP contribution >= 0.6 is 11.3 Å². The van der Waals surface area contributed by atoms with Crippen molar-refractivity contribution in [1.29, 1.82) is 0 Å². The second-order valence-electron chi connectivity index (χ2n) is 6.07. The molecule has 0 aliphatic rings. The Morgan fingerprint density at radius 1 is 1.24 bits per heavy atom. The van der Waals surface area contributed by atoms with E-state index >= 15 is 0 Å². The van der Waals surface area contributed by atoms with Crippen LogP contribution in [0.4, 0.5) is 0 Å². The van der Waals surface area contributed by atoms with Gasteiger partial charge >= 0.3 is 0 Å². The molecule has 0 aliphatic heterocycles. The Balaban J connectivity index is 2.51. The highest BCUT2D eigenvalue weighted by molar-refractivity contribution is 7.12. The lowest BCUT2D eigenvalue weighted by Gasteiger charge is -2.19. The lowest BCUT2D eigenvalue weighted by molar-refractivity contribution is 0.391. The molecule has 2 atom stereocenters. The summed E-state index contributed by atoms with van der Waals surface area (Å²) in [6, 6.07) is 5.14. The molecule has 2 unspecified atom stereocenters. The van der Waals surface area contributed by atoms with E-state index in [1.165, 1.54) is 16.2 Å². The number of hydrogen-bond donors (Lipinski definition) is 1. The van der Waals surface area contributed by atoms with Crippen LogP contribution in [0.2, 0.25) is 0 Å². The minimum atomic E-state index is 0.283. The molecule has 0 saturated carbocycles. The average Bonchev–Trinajstić information content (AvgIpc) is 2.72. The Labute approximate surface area is 111 Å². The Hall–Kier alpha value is -0.340. The first-order chi connectivity index (χ1) is 7.84. The summed E-state index contributed by atoms with van der Waals surface area (Å²) >= 11 is 1.94. The molecule has 1 aromatic rings. The highest BCUT2D eigenvalue weighted by Crippen LogP contribution is 2.29. The monoisotopic (exact) mass is 253 g/mol. The molecule has 98 valence electrons. The minimum absolute atomic E-state index is 0.283. The van der Waals surface area contributed by atoms with Crippen LogP contribution in [-0.2, 0) is 12.0 Å². The van der Waals surface area contributed by atoms with Crippen LogP contribution in [0.1, 0.15) is 57.7 Å². The Kier molecular flexibility index (Phi) is 5.21. The Bertz CT molecular complexity index is 335. The third kappa shape index (κ3) is 4.44. The maximum Gasteiger partial charge on any atom is 0.0302 e. The predicted octanol–water partition coefficient (Wildman–Crippen LogP) is 4.57. The van der Waals surface area contributed by atoms with E-state index in [1.54, 1.807) is 0 Å². The largest absolute Gasteiger partial charge is 0.309 e. The molecule has 17 heavy (non-hydrogen) atoms.